The van der Waals surface area contributed by atoms with Gasteiger partial charge >= 0.3 is 0 Å². The van der Waals surface area contributed by atoms with Crippen LogP contribution in [-0.2, 0) is 0 Å². The van der Waals surface area contributed by atoms with E-state index in [9.17, 15) is 5.26 Å². The van der Waals surface area contributed by atoms with Crippen LogP contribution in [0.3, 0.4) is 0 Å². The maximum atomic E-state index is 9.70. The zero-order valence-corrected chi connectivity index (χ0v) is 17.8. The largest absolute Gasteiger partial charge is 0.309 e. The number of pyridine rings is 1. The third-order valence-corrected chi connectivity index (χ3v) is 6.17. The topological polar surface area (TPSA) is 41.6 Å². The molecule has 33 heavy (non-hydrogen) atoms. The number of hydrogen-bond acceptors (Lipinski definition) is 2. The van der Waals surface area contributed by atoms with E-state index in [2.05, 4.69) is 101 Å². The number of aromatic nitrogens is 2. The van der Waals surface area contributed by atoms with E-state index in [1.54, 1.807) is 18.5 Å². The fourth-order valence-electron chi connectivity index (χ4n) is 4.74. The molecular formula is C30H19N3. The van der Waals surface area contributed by atoms with Gasteiger partial charge < -0.3 is 4.57 Å². The molecule has 2 aromatic heterocycles. The van der Waals surface area contributed by atoms with Gasteiger partial charge in [0.15, 0.2) is 0 Å². The van der Waals surface area contributed by atoms with Crippen LogP contribution in [0.2, 0.25) is 0 Å². The van der Waals surface area contributed by atoms with Crippen molar-refractivity contribution in [1.29, 1.82) is 5.26 Å². The van der Waals surface area contributed by atoms with Gasteiger partial charge in [-0.2, -0.15) is 5.26 Å². The van der Waals surface area contributed by atoms with E-state index < -0.39 is 0 Å². The number of rotatable bonds is 3. The van der Waals surface area contributed by atoms with E-state index in [0.717, 1.165) is 27.9 Å². The van der Waals surface area contributed by atoms with Gasteiger partial charge in [-0.1, -0.05) is 78.9 Å². The average molecular weight is 422 g/mol. The molecule has 6 aromatic rings. The first-order valence-corrected chi connectivity index (χ1v) is 10.9. The molecule has 0 saturated carbocycles. The maximum Gasteiger partial charge on any atom is 0.0999 e. The van der Waals surface area contributed by atoms with Gasteiger partial charge in [0.1, 0.15) is 0 Å². The summed E-state index contributed by atoms with van der Waals surface area (Å²) in [7, 11) is 0. The molecule has 0 fully saturated rings. The Kier molecular flexibility index (Phi) is 4.49. The molecule has 4 aromatic carbocycles. The first kappa shape index (κ1) is 19.0. The molecule has 3 heteroatoms. The van der Waals surface area contributed by atoms with Crippen molar-refractivity contribution in [2.24, 2.45) is 0 Å². The summed E-state index contributed by atoms with van der Waals surface area (Å²) in [6, 6.07) is 37.9. The Balaban J connectivity index is 1.68. The lowest BCUT2D eigenvalue weighted by Gasteiger charge is -2.17. The zero-order valence-electron chi connectivity index (χ0n) is 17.8. The van der Waals surface area contributed by atoms with Crippen LogP contribution in [0.1, 0.15) is 5.56 Å². The number of fused-ring (bicyclic) bond motifs is 3. The highest BCUT2D eigenvalue weighted by atomic mass is 15.0. The van der Waals surface area contributed by atoms with Crippen molar-refractivity contribution in [2.75, 3.05) is 0 Å². The van der Waals surface area contributed by atoms with Crippen molar-refractivity contribution < 1.29 is 0 Å². The van der Waals surface area contributed by atoms with Crippen molar-refractivity contribution in [3.63, 3.8) is 0 Å². The lowest BCUT2D eigenvalue weighted by atomic mass is 9.92. The lowest BCUT2D eigenvalue weighted by Crippen LogP contribution is -1.98. The molecule has 0 amide bonds. The van der Waals surface area contributed by atoms with Gasteiger partial charge in [-0.3, -0.25) is 4.98 Å². The molecule has 0 aliphatic carbocycles. The summed E-state index contributed by atoms with van der Waals surface area (Å²) in [6.07, 6.45) is 3.44. The molecule has 0 N–H and O–H groups in total. The SMILES string of the molecule is N#Cc1ccncc1-c1ccccc1-c1ccccc1-n1c2ccccc2c2ccccc21. The number of para-hydroxylation sites is 3. The Morgan fingerprint density at radius 2 is 1.12 bits per heavy atom. The van der Waals surface area contributed by atoms with Gasteiger partial charge in [-0.15, -0.1) is 0 Å². The Morgan fingerprint density at radius 3 is 1.79 bits per heavy atom. The quantitative estimate of drug-likeness (QED) is 0.299. The minimum atomic E-state index is 0.617. The second-order valence-corrected chi connectivity index (χ2v) is 7.97. The molecule has 2 heterocycles. The molecule has 0 aliphatic heterocycles. The van der Waals surface area contributed by atoms with Crippen molar-refractivity contribution in [1.82, 2.24) is 9.55 Å². The van der Waals surface area contributed by atoms with E-state index in [4.69, 9.17) is 0 Å². The highest BCUT2D eigenvalue weighted by Crippen LogP contribution is 2.39. The molecule has 3 nitrogen and oxygen atoms in total. The maximum absolute atomic E-state index is 9.70. The standard InChI is InChI=1S/C30H19N3/c31-19-21-17-18-32-20-27(21)23-10-2-1-9-22(23)24-11-3-6-14-28(24)33-29-15-7-4-12-25(29)26-13-5-8-16-30(26)33/h1-18,20H. The minimum Gasteiger partial charge on any atom is -0.309 e. The highest BCUT2D eigenvalue weighted by Gasteiger charge is 2.17. The van der Waals surface area contributed by atoms with Crippen LogP contribution in [0, 0.1) is 11.3 Å². The van der Waals surface area contributed by atoms with Crippen molar-refractivity contribution in [3.05, 3.63) is 121 Å². The van der Waals surface area contributed by atoms with E-state index >= 15 is 0 Å². The van der Waals surface area contributed by atoms with E-state index in [-0.39, 0.29) is 0 Å². The van der Waals surface area contributed by atoms with Crippen LogP contribution in [0.15, 0.2) is 116 Å². The smallest absolute Gasteiger partial charge is 0.0999 e. The number of hydrogen-bond donors (Lipinski definition) is 0. The van der Waals surface area contributed by atoms with Crippen LogP contribution in [0.25, 0.3) is 49.7 Å². The molecule has 154 valence electrons. The Morgan fingerprint density at radius 1 is 0.576 bits per heavy atom. The number of nitriles is 1. The monoisotopic (exact) mass is 421 g/mol. The second-order valence-electron chi connectivity index (χ2n) is 7.97. The Labute approximate surface area is 191 Å². The molecule has 6 rings (SSSR count). The predicted molar refractivity (Wildman–Crippen MR) is 134 cm³/mol. The first-order valence-electron chi connectivity index (χ1n) is 10.9. The van der Waals surface area contributed by atoms with E-state index in [1.807, 2.05) is 12.1 Å². The molecule has 0 saturated heterocycles. The minimum absolute atomic E-state index is 0.617. The zero-order chi connectivity index (χ0) is 22.2. The van der Waals surface area contributed by atoms with Crippen molar-refractivity contribution >= 4 is 21.8 Å². The van der Waals surface area contributed by atoms with Crippen LogP contribution in [0.4, 0.5) is 0 Å². The molecule has 0 aliphatic rings. The molecule has 0 unspecified atom stereocenters. The van der Waals surface area contributed by atoms with Crippen LogP contribution < -0.4 is 0 Å². The molecule has 0 spiro atoms. The van der Waals surface area contributed by atoms with Gasteiger partial charge in [-0.25, -0.2) is 0 Å². The van der Waals surface area contributed by atoms with Crippen molar-refractivity contribution in [2.45, 2.75) is 0 Å². The fraction of sp³-hybridized carbons (Fsp3) is 0. The number of nitrogens with zero attached hydrogens (tertiary/aromatic N) is 3. The Bertz CT molecular complexity index is 1630. The van der Waals surface area contributed by atoms with Crippen LogP contribution >= 0.6 is 0 Å². The lowest BCUT2D eigenvalue weighted by molar-refractivity contribution is 1.18. The van der Waals surface area contributed by atoms with E-state index in [0.29, 0.717) is 5.56 Å². The fourth-order valence-corrected chi connectivity index (χ4v) is 4.74. The summed E-state index contributed by atoms with van der Waals surface area (Å²) in [5.74, 6) is 0. The van der Waals surface area contributed by atoms with Crippen LogP contribution in [0.5, 0.6) is 0 Å². The van der Waals surface area contributed by atoms with Gasteiger partial charge in [0, 0.05) is 34.3 Å². The highest BCUT2D eigenvalue weighted by molar-refractivity contribution is 6.09. The first-order chi connectivity index (χ1) is 16.4. The summed E-state index contributed by atoms with van der Waals surface area (Å²) < 4.78 is 2.34. The summed E-state index contributed by atoms with van der Waals surface area (Å²) in [5.41, 5.74) is 8.07. The molecule has 0 atom stereocenters. The van der Waals surface area contributed by atoms with E-state index in [1.165, 1.54) is 21.8 Å². The van der Waals surface area contributed by atoms with Crippen LogP contribution in [-0.4, -0.2) is 9.55 Å². The summed E-state index contributed by atoms with van der Waals surface area (Å²) in [6.45, 7) is 0. The predicted octanol–water partition coefficient (Wildman–Crippen LogP) is 7.38. The second kappa shape index (κ2) is 7.78. The van der Waals surface area contributed by atoms with Gasteiger partial charge in [-0.05, 0) is 35.4 Å². The summed E-state index contributed by atoms with van der Waals surface area (Å²) in [5, 5.41) is 12.2. The van der Waals surface area contributed by atoms with Gasteiger partial charge in [0.2, 0.25) is 0 Å². The van der Waals surface area contributed by atoms with Gasteiger partial charge in [0.05, 0.1) is 28.4 Å². The molecule has 0 bridgehead atoms. The molecular weight excluding hydrogens is 402 g/mol. The Hall–Kier alpha value is -4.68. The molecule has 0 radical (unpaired) electrons. The van der Waals surface area contributed by atoms with Gasteiger partial charge in [0.25, 0.3) is 0 Å². The summed E-state index contributed by atoms with van der Waals surface area (Å²) >= 11 is 0. The van der Waals surface area contributed by atoms with Crippen molar-refractivity contribution in [3.8, 4) is 34.0 Å². The third-order valence-electron chi connectivity index (χ3n) is 6.17. The normalized spacial score (nSPS) is 11.0. The number of benzene rings is 4. The summed E-state index contributed by atoms with van der Waals surface area (Å²) in [4.78, 5) is 4.30. The third kappa shape index (κ3) is 3.01. The average Bonchev–Trinajstić information content (AvgIpc) is 3.23.